The van der Waals surface area contributed by atoms with Crippen LogP contribution in [0, 0.1) is 5.92 Å². The Bertz CT molecular complexity index is 390. The van der Waals surface area contributed by atoms with Crippen molar-refractivity contribution in [2.24, 2.45) is 5.92 Å². The normalized spacial score (nSPS) is 16.7. The number of hydrogen-bond acceptors (Lipinski definition) is 5. The van der Waals surface area contributed by atoms with Crippen LogP contribution >= 0.6 is 0 Å². The standard InChI is InChI=1S/C11H16N2O6/c1-6(2)5-7(10(16)17)12-11(18)19-13-8(14)3-4-9(13)15/h6-7H,3-5H2,1-2H3,(H,12,18)(H,16,17)/t7-/m0/s1. The Morgan fingerprint density at radius 3 is 2.26 bits per heavy atom. The van der Waals surface area contributed by atoms with E-state index in [0.29, 0.717) is 5.06 Å². The molecular formula is C11H16N2O6. The molecule has 0 aromatic carbocycles. The van der Waals surface area contributed by atoms with Crippen LogP contribution in [0.5, 0.6) is 0 Å². The summed E-state index contributed by atoms with van der Waals surface area (Å²) in [5, 5.41) is 11.4. The van der Waals surface area contributed by atoms with Crippen molar-refractivity contribution in [3.05, 3.63) is 0 Å². The largest absolute Gasteiger partial charge is 0.480 e. The summed E-state index contributed by atoms with van der Waals surface area (Å²) < 4.78 is 0. The van der Waals surface area contributed by atoms with Gasteiger partial charge in [0, 0.05) is 12.8 Å². The summed E-state index contributed by atoms with van der Waals surface area (Å²) in [5.74, 6) is -2.38. The molecule has 1 rings (SSSR count). The second kappa shape index (κ2) is 6.17. The lowest BCUT2D eigenvalue weighted by Crippen LogP contribution is -2.45. The van der Waals surface area contributed by atoms with Crippen molar-refractivity contribution in [3.8, 4) is 0 Å². The van der Waals surface area contributed by atoms with E-state index >= 15 is 0 Å². The number of hydroxylamine groups is 2. The summed E-state index contributed by atoms with van der Waals surface area (Å²) in [5.41, 5.74) is 0. The molecule has 0 radical (unpaired) electrons. The number of aliphatic carboxylic acids is 1. The zero-order valence-electron chi connectivity index (χ0n) is 10.7. The molecule has 3 amide bonds. The number of imide groups is 1. The first kappa shape index (κ1) is 14.9. The highest BCUT2D eigenvalue weighted by Crippen LogP contribution is 2.12. The van der Waals surface area contributed by atoms with Gasteiger partial charge in [0.1, 0.15) is 6.04 Å². The Morgan fingerprint density at radius 2 is 1.84 bits per heavy atom. The Kier molecular flexibility index (Phi) is 4.85. The summed E-state index contributed by atoms with van der Waals surface area (Å²) in [6.45, 7) is 3.60. The fraction of sp³-hybridized carbons (Fsp3) is 0.636. The third-order valence-corrected chi connectivity index (χ3v) is 2.48. The number of carbonyl (C=O) groups is 4. The van der Waals surface area contributed by atoms with E-state index in [0.717, 1.165) is 0 Å². The van der Waals surface area contributed by atoms with Gasteiger partial charge in [-0.25, -0.2) is 9.59 Å². The third kappa shape index (κ3) is 4.23. The lowest BCUT2D eigenvalue weighted by Gasteiger charge is -2.18. The van der Waals surface area contributed by atoms with Gasteiger partial charge in [-0.3, -0.25) is 9.59 Å². The Morgan fingerprint density at radius 1 is 1.32 bits per heavy atom. The van der Waals surface area contributed by atoms with Gasteiger partial charge in [0.2, 0.25) is 0 Å². The molecule has 0 aromatic heterocycles. The van der Waals surface area contributed by atoms with Crippen LogP contribution in [0.4, 0.5) is 4.79 Å². The van der Waals surface area contributed by atoms with Crippen molar-refractivity contribution in [1.82, 2.24) is 10.4 Å². The zero-order valence-corrected chi connectivity index (χ0v) is 10.7. The highest BCUT2D eigenvalue weighted by molar-refractivity contribution is 6.01. The maximum Gasteiger partial charge on any atom is 0.432 e. The maximum absolute atomic E-state index is 11.4. The van der Waals surface area contributed by atoms with E-state index in [1.807, 2.05) is 0 Å². The molecule has 0 unspecified atom stereocenters. The summed E-state index contributed by atoms with van der Waals surface area (Å²) in [7, 11) is 0. The Labute approximate surface area is 109 Å². The summed E-state index contributed by atoms with van der Waals surface area (Å²) >= 11 is 0. The van der Waals surface area contributed by atoms with E-state index in [4.69, 9.17) is 5.11 Å². The molecule has 19 heavy (non-hydrogen) atoms. The van der Waals surface area contributed by atoms with E-state index in [1.165, 1.54) is 0 Å². The molecular weight excluding hydrogens is 256 g/mol. The number of nitrogens with one attached hydrogen (secondary N) is 1. The molecule has 0 aromatic rings. The SMILES string of the molecule is CC(C)C[C@H](NC(=O)ON1C(=O)CCC1=O)C(=O)O. The van der Waals surface area contributed by atoms with Gasteiger partial charge in [0.15, 0.2) is 0 Å². The highest BCUT2D eigenvalue weighted by atomic mass is 16.7. The average Bonchev–Trinajstić information content (AvgIpc) is 2.59. The van der Waals surface area contributed by atoms with Crippen LogP contribution < -0.4 is 5.32 Å². The minimum absolute atomic E-state index is 0.0134. The number of nitrogens with zero attached hydrogens (tertiary/aromatic N) is 1. The molecule has 1 heterocycles. The highest BCUT2D eigenvalue weighted by Gasteiger charge is 2.33. The molecule has 2 N–H and O–H groups in total. The van der Waals surface area contributed by atoms with E-state index in [-0.39, 0.29) is 25.2 Å². The molecule has 1 saturated heterocycles. The van der Waals surface area contributed by atoms with Crippen LogP contribution in [0.3, 0.4) is 0 Å². The number of carboxylic acids is 1. The van der Waals surface area contributed by atoms with E-state index in [1.54, 1.807) is 13.8 Å². The molecule has 0 saturated carbocycles. The summed E-state index contributed by atoms with van der Waals surface area (Å²) in [4.78, 5) is 49.3. The lowest BCUT2D eigenvalue weighted by molar-refractivity contribution is -0.171. The number of carbonyl (C=O) groups excluding carboxylic acids is 3. The fourth-order valence-electron chi connectivity index (χ4n) is 1.60. The first-order chi connectivity index (χ1) is 8.81. The summed E-state index contributed by atoms with van der Waals surface area (Å²) in [6.07, 6.45) is -0.940. The Balaban J connectivity index is 2.55. The van der Waals surface area contributed by atoms with Crippen LogP contribution in [0.1, 0.15) is 33.1 Å². The molecule has 8 heteroatoms. The second-order valence-electron chi connectivity index (χ2n) is 4.63. The fourth-order valence-corrected chi connectivity index (χ4v) is 1.60. The molecule has 0 spiro atoms. The van der Waals surface area contributed by atoms with Gasteiger partial charge in [-0.15, -0.1) is 5.06 Å². The zero-order chi connectivity index (χ0) is 14.6. The van der Waals surface area contributed by atoms with Crippen molar-refractivity contribution in [2.75, 3.05) is 0 Å². The smallest absolute Gasteiger partial charge is 0.432 e. The van der Waals surface area contributed by atoms with Crippen LogP contribution in [0.25, 0.3) is 0 Å². The van der Waals surface area contributed by atoms with Crippen LogP contribution in [-0.2, 0) is 19.2 Å². The van der Waals surface area contributed by atoms with Gasteiger partial charge in [-0.1, -0.05) is 13.8 Å². The topological polar surface area (TPSA) is 113 Å². The molecule has 1 aliphatic heterocycles. The molecule has 8 nitrogen and oxygen atoms in total. The van der Waals surface area contributed by atoms with E-state index in [2.05, 4.69) is 10.2 Å². The molecule has 1 aliphatic rings. The third-order valence-electron chi connectivity index (χ3n) is 2.48. The summed E-state index contributed by atoms with van der Waals surface area (Å²) in [6, 6.07) is -1.12. The molecule has 0 bridgehead atoms. The minimum atomic E-state index is -1.20. The van der Waals surface area contributed by atoms with Crippen LogP contribution in [-0.4, -0.2) is 40.1 Å². The predicted molar refractivity (Wildman–Crippen MR) is 61.6 cm³/mol. The van der Waals surface area contributed by atoms with Crippen LogP contribution in [0.15, 0.2) is 0 Å². The van der Waals surface area contributed by atoms with Gasteiger partial charge < -0.3 is 15.3 Å². The van der Waals surface area contributed by atoms with Crippen molar-refractivity contribution < 1.29 is 29.1 Å². The van der Waals surface area contributed by atoms with Gasteiger partial charge >= 0.3 is 12.1 Å². The first-order valence-electron chi connectivity index (χ1n) is 5.88. The van der Waals surface area contributed by atoms with Crippen molar-refractivity contribution in [1.29, 1.82) is 0 Å². The predicted octanol–water partition coefficient (Wildman–Crippen LogP) is 0.276. The second-order valence-corrected chi connectivity index (χ2v) is 4.63. The number of rotatable bonds is 5. The maximum atomic E-state index is 11.4. The molecule has 1 atom stereocenters. The minimum Gasteiger partial charge on any atom is -0.480 e. The monoisotopic (exact) mass is 272 g/mol. The van der Waals surface area contributed by atoms with Crippen molar-refractivity contribution >= 4 is 23.9 Å². The van der Waals surface area contributed by atoms with Gasteiger partial charge in [0.25, 0.3) is 11.8 Å². The van der Waals surface area contributed by atoms with E-state index < -0.39 is 29.9 Å². The number of amides is 3. The molecule has 0 aliphatic carbocycles. The quantitative estimate of drug-likeness (QED) is 0.695. The molecule has 106 valence electrons. The number of carboxylic acid groups (broad SMARTS) is 1. The first-order valence-corrected chi connectivity index (χ1v) is 5.88. The number of hydrogen-bond donors (Lipinski definition) is 2. The van der Waals surface area contributed by atoms with Crippen molar-refractivity contribution in [2.45, 2.75) is 39.2 Å². The van der Waals surface area contributed by atoms with Gasteiger partial charge in [-0.2, -0.15) is 0 Å². The molecule has 1 fully saturated rings. The van der Waals surface area contributed by atoms with Gasteiger partial charge in [-0.05, 0) is 12.3 Å². The van der Waals surface area contributed by atoms with Gasteiger partial charge in [0.05, 0.1) is 0 Å². The van der Waals surface area contributed by atoms with Crippen molar-refractivity contribution in [3.63, 3.8) is 0 Å². The Hall–Kier alpha value is -2.12. The average molecular weight is 272 g/mol. The lowest BCUT2D eigenvalue weighted by atomic mass is 10.0. The van der Waals surface area contributed by atoms with Crippen LogP contribution in [0.2, 0.25) is 0 Å². The van der Waals surface area contributed by atoms with E-state index in [9.17, 15) is 19.2 Å².